The molecule has 2 aromatic rings. The Morgan fingerprint density at radius 2 is 2.30 bits per heavy atom. The van der Waals surface area contributed by atoms with Gasteiger partial charge in [-0.25, -0.2) is 9.97 Å². The van der Waals surface area contributed by atoms with Gasteiger partial charge < -0.3 is 20.3 Å². The molecule has 2 aromatic heterocycles. The average Bonchev–Trinajstić information content (AvgIpc) is 3.36. The van der Waals surface area contributed by atoms with Crippen LogP contribution in [-0.4, -0.2) is 61.8 Å². The third-order valence-electron chi connectivity index (χ3n) is 5.82. The van der Waals surface area contributed by atoms with Crippen LogP contribution in [0.1, 0.15) is 25.7 Å². The van der Waals surface area contributed by atoms with Gasteiger partial charge in [0, 0.05) is 25.6 Å². The van der Waals surface area contributed by atoms with Crippen LogP contribution < -0.4 is 15.5 Å². The first-order valence-electron chi connectivity index (χ1n) is 9.65. The lowest BCUT2D eigenvalue weighted by molar-refractivity contribution is -0.123. The second kappa shape index (κ2) is 8.08. The number of carbonyl (C=O) groups is 1. The number of hydrogen-bond donors (Lipinski definition) is 2. The predicted molar refractivity (Wildman–Crippen MR) is 107 cm³/mol. The molecule has 2 aliphatic rings. The topological polar surface area (TPSA) is 79.4 Å². The summed E-state index contributed by atoms with van der Waals surface area (Å²) in [4.78, 5) is 25.0. The van der Waals surface area contributed by atoms with Gasteiger partial charge in [0.2, 0.25) is 5.91 Å². The van der Waals surface area contributed by atoms with Crippen molar-refractivity contribution in [2.24, 2.45) is 5.41 Å². The summed E-state index contributed by atoms with van der Waals surface area (Å²) in [5.74, 6) is 0.982. The van der Waals surface area contributed by atoms with E-state index >= 15 is 0 Å². The third kappa shape index (κ3) is 3.79. The first-order valence-corrected chi connectivity index (χ1v) is 10.5. The summed E-state index contributed by atoms with van der Waals surface area (Å²) in [5, 5.41) is 9.69. The van der Waals surface area contributed by atoms with Crippen LogP contribution in [0.15, 0.2) is 17.8 Å². The Bertz CT molecular complexity index is 784. The van der Waals surface area contributed by atoms with Crippen molar-refractivity contribution in [3.8, 4) is 0 Å². The van der Waals surface area contributed by atoms with Crippen molar-refractivity contribution in [2.45, 2.75) is 31.7 Å². The first kappa shape index (κ1) is 18.6. The minimum Gasteiger partial charge on any atom is -0.384 e. The molecule has 0 aromatic carbocycles. The molecule has 4 rings (SSSR count). The fraction of sp³-hybridized carbons (Fsp3) is 0.632. The Morgan fingerprint density at radius 1 is 1.44 bits per heavy atom. The Balaban J connectivity index is 1.47. The molecule has 0 radical (unpaired) electrons. The van der Waals surface area contributed by atoms with Crippen molar-refractivity contribution in [1.82, 2.24) is 20.6 Å². The summed E-state index contributed by atoms with van der Waals surface area (Å²) in [6.45, 7) is 4.17. The van der Waals surface area contributed by atoms with Crippen LogP contribution in [0.5, 0.6) is 0 Å². The Hall–Kier alpha value is -1.77. The number of hydrogen-bond acceptors (Lipinski definition) is 7. The molecule has 0 bridgehead atoms. The maximum absolute atomic E-state index is 13.0. The van der Waals surface area contributed by atoms with E-state index in [0.29, 0.717) is 13.2 Å². The highest BCUT2D eigenvalue weighted by molar-refractivity contribution is 7.16. The molecule has 27 heavy (non-hydrogen) atoms. The lowest BCUT2D eigenvalue weighted by atomic mass is 9.79. The van der Waals surface area contributed by atoms with E-state index in [4.69, 9.17) is 4.74 Å². The zero-order valence-electron chi connectivity index (χ0n) is 15.7. The highest BCUT2D eigenvalue weighted by Gasteiger charge is 2.36. The SMILES string of the molecule is COCC1(CNC(=O)C2CCCN2c2ncnc3sccc23)CCNCC1. The van der Waals surface area contributed by atoms with E-state index < -0.39 is 0 Å². The number of anilines is 1. The quantitative estimate of drug-likeness (QED) is 0.784. The molecule has 2 N–H and O–H groups in total. The minimum atomic E-state index is -0.163. The molecule has 1 amide bonds. The molecule has 1 atom stereocenters. The maximum atomic E-state index is 13.0. The number of ether oxygens (including phenoxy) is 1. The van der Waals surface area contributed by atoms with Crippen LogP contribution in [0.25, 0.3) is 10.2 Å². The number of fused-ring (bicyclic) bond motifs is 1. The largest absolute Gasteiger partial charge is 0.384 e. The van der Waals surface area contributed by atoms with Crippen LogP contribution in [0.3, 0.4) is 0 Å². The zero-order chi connectivity index (χ0) is 18.7. The van der Waals surface area contributed by atoms with Gasteiger partial charge in [-0.05, 0) is 50.2 Å². The maximum Gasteiger partial charge on any atom is 0.242 e. The molecule has 2 fully saturated rings. The number of thiophene rings is 1. The predicted octanol–water partition coefficient (Wildman–Crippen LogP) is 1.79. The Morgan fingerprint density at radius 3 is 3.11 bits per heavy atom. The van der Waals surface area contributed by atoms with Gasteiger partial charge in [-0.1, -0.05) is 0 Å². The number of carbonyl (C=O) groups excluding carboxylic acids is 1. The van der Waals surface area contributed by atoms with Crippen molar-refractivity contribution in [3.63, 3.8) is 0 Å². The van der Waals surface area contributed by atoms with E-state index in [1.807, 2.05) is 11.4 Å². The van der Waals surface area contributed by atoms with E-state index in [1.54, 1.807) is 24.8 Å². The summed E-state index contributed by atoms with van der Waals surface area (Å²) < 4.78 is 5.47. The van der Waals surface area contributed by atoms with Crippen molar-refractivity contribution in [2.75, 3.05) is 44.8 Å². The fourth-order valence-electron chi connectivity index (χ4n) is 4.33. The van der Waals surface area contributed by atoms with Crippen LogP contribution in [0, 0.1) is 5.41 Å². The number of amides is 1. The molecular formula is C19H27N5O2S. The highest BCUT2D eigenvalue weighted by atomic mass is 32.1. The van der Waals surface area contributed by atoms with Crippen molar-refractivity contribution in [1.29, 1.82) is 0 Å². The fourth-order valence-corrected chi connectivity index (χ4v) is 5.05. The van der Waals surface area contributed by atoms with Gasteiger partial charge >= 0.3 is 0 Å². The van der Waals surface area contributed by atoms with Gasteiger partial charge in [-0.15, -0.1) is 11.3 Å². The zero-order valence-corrected chi connectivity index (χ0v) is 16.6. The number of aromatic nitrogens is 2. The number of nitrogens with one attached hydrogen (secondary N) is 2. The third-order valence-corrected chi connectivity index (χ3v) is 6.64. The molecule has 2 saturated heterocycles. The number of rotatable bonds is 6. The lowest BCUT2D eigenvalue weighted by Crippen LogP contribution is -2.51. The molecular weight excluding hydrogens is 362 g/mol. The molecule has 4 heterocycles. The van der Waals surface area contributed by atoms with E-state index in [2.05, 4.69) is 25.5 Å². The lowest BCUT2D eigenvalue weighted by Gasteiger charge is -2.37. The molecule has 7 nitrogen and oxygen atoms in total. The molecule has 0 saturated carbocycles. The van der Waals surface area contributed by atoms with E-state index in [9.17, 15) is 4.79 Å². The smallest absolute Gasteiger partial charge is 0.242 e. The first-order chi connectivity index (χ1) is 13.2. The van der Waals surface area contributed by atoms with Gasteiger partial charge in [-0.2, -0.15) is 0 Å². The molecule has 1 unspecified atom stereocenters. The van der Waals surface area contributed by atoms with Crippen LogP contribution >= 0.6 is 11.3 Å². The standard InChI is InChI=1S/C19H27N5O2S/c1-26-12-19(5-7-20-8-6-19)11-21-17(25)15-3-2-9-24(15)16-14-4-10-27-18(14)23-13-22-16/h4,10,13,15,20H,2-3,5-9,11-12H2,1H3,(H,21,25). The average molecular weight is 390 g/mol. The van der Waals surface area contributed by atoms with E-state index in [-0.39, 0.29) is 17.4 Å². The Kier molecular flexibility index (Phi) is 5.56. The van der Waals surface area contributed by atoms with Crippen molar-refractivity contribution >= 4 is 33.3 Å². The van der Waals surface area contributed by atoms with Gasteiger partial charge in [0.05, 0.1) is 12.0 Å². The molecule has 0 aliphatic carbocycles. The Labute approximate surface area is 163 Å². The van der Waals surface area contributed by atoms with Crippen LogP contribution in [0.4, 0.5) is 5.82 Å². The van der Waals surface area contributed by atoms with Crippen molar-refractivity contribution < 1.29 is 9.53 Å². The monoisotopic (exact) mass is 389 g/mol. The summed E-state index contributed by atoms with van der Waals surface area (Å²) in [6, 6.07) is 1.88. The normalized spacial score (nSPS) is 22.3. The van der Waals surface area contributed by atoms with Crippen molar-refractivity contribution in [3.05, 3.63) is 17.8 Å². The molecule has 8 heteroatoms. The van der Waals surface area contributed by atoms with Gasteiger partial charge in [0.1, 0.15) is 23.0 Å². The number of nitrogens with zero attached hydrogens (tertiary/aromatic N) is 3. The van der Waals surface area contributed by atoms with E-state index in [1.165, 1.54) is 0 Å². The number of piperidine rings is 1. The van der Waals surface area contributed by atoms with Gasteiger partial charge in [-0.3, -0.25) is 4.79 Å². The summed E-state index contributed by atoms with van der Waals surface area (Å²) >= 11 is 1.61. The van der Waals surface area contributed by atoms with Gasteiger partial charge in [0.25, 0.3) is 0 Å². The molecule has 0 spiro atoms. The highest BCUT2D eigenvalue weighted by Crippen LogP contribution is 2.32. The second-order valence-electron chi connectivity index (χ2n) is 7.59. The van der Waals surface area contributed by atoms with Crippen LogP contribution in [0.2, 0.25) is 0 Å². The number of methoxy groups -OCH3 is 1. The minimum absolute atomic E-state index is 0.0363. The van der Waals surface area contributed by atoms with E-state index in [0.717, 1.165) is 61.4 Å². The summed E-state index contributed by atoms with van der Waals surface area (Å²) in [6.07, 6.45) is 5.51. The summed E-state index contributed by atoms with van der Waals surface area (Å²) in [7, 11) is 1.74. The molecule has 146 valence electrons. The summed E-state index contributed by atoms with van der Waals surface area (Å²) in [5.41, 5.74) is 0.0363. The van der Waals surface area contributed by atoms with Crippen LogP contribution in [-0.2, 0) is 9.53 Å². The molecule has 2 aliphatic heterocycles. The second-order valence-corrected chi connectivity index (χ2v) is 8.48. The van der Waals surface area contributed by atoms with Gasteiger partial charge in [0.15, 0.2) is 0 Å².